The Hall–Kier alpha value is -0.660. The van der Waals surface area contributed by atoms with E-state index in [9.17, 15) is 0 Å². The van der Waals surface area contributed by atoms with Gasteiger partial charge < -0.3 is 10.1 Å². The van der Waals surface area contributed by atoms with Crippen LogP contribution >= 0.6 is 0 Å². The Morgan fingerprint density at radius 3 is 2.33 bits per heavy atom. The lowest BCUT2D eigenvalue weighted by Crippen LogP contribution is -2.37. The van der Waals surface area contributed by atoms with Crippen molar-refractivity contribution in [1.29, 1.82) is 0 Å². The minimum atomic E-state index is 0.236. The summed E-state index contributed by atoms with van der Waals surface area (Å²) in [5, 5.41) is 3.20. The van der Waals surface area contributed by atoms with Crippen LogP contribution in [0.2, 0.25) is 0 Å². The Kier molecular flexibility index (Phi) is 4.15. The van der Waals surface area contributed by atoms with Gasteiger partial charge in [-0.1, -0.05) is 20.8 Å². The maximum Gasteiger partial charge on any atom is 0.179 e. The zero-order valence-corrected chi connectivity index (χ0v) is 8.90. The van der Waals surface area contributed by atoms with E-state index in [1.807, 2.05) is 6.92 Å². The molecule has 0 aliphatic rings. The second-order valence-corrected chi connectivity index (χ2v) is 4.09. The van der Waals surface area contributed by atoms with Crippen molar-refractivity contribution in [1.82, 2.24) is 5.32 Å². The highest BCUT2D eigenvalue weighted by Gasteiger charge is 2.19. The smallest absolute Gasteiger partial charge is 0.179 e. The third kappa shape index (κ3) is 4.27. The molecule has 0 aromatic rings. The molecule has 0 heterocycles. The molecule has 1 N–H and O–H groups in total. The number of hydrogen-bond donors (Lipinski definition) is 1. The molecule has 72 valence electrons. The fourth-order valence-corrected chi connectivity index (χ4v) is 0.674. The predicted molar refractivity (Wildman–Crippen MR) is 52.8 cm³/mol. The Bertz CT molecular complexity index is 146. The Morgan fingerprint density at radius 1 is 1.50 bits per heavy atom. The molecule has 0 aliphatic carbocycles. The SMILES string of the molecule is C=C(NC(C)C(C)(C)C)OCC. The number of rotatable bonds is 4. The molecule has 0 rings (SSSR count). The first-order valence-corrected chi connectivity index (χ1v) is 4.46. The molecule has 0 radical (unpaired) electrons. The van der Waals surface area contributed by atoms with Crippen LogP contribution in [0, 0.1) is 5.41 Å². The van der Waals surface area contributed by atoms with Gasteiger partial charge in [-0.25, -0.2) is 0 Å². The fraction of sp³-hybridized carbons (Fsp3) is 0.800. The molecule has 0 saturated carbocycles. The molecule has 0 fully saturated rings. The fourth-order valence-electron chi connectivity index (χ4n) is 0.674. The first-order valence-electron chi connectivity index (χ1n) is 4.46. The first-order chi connectivity index (χ1) is 5.38. The van der Waals surface area contributed by atoms with Crippen LogP contribution in [0.25, 0.3) is 0 Å². The quantitative estimate of drug-likeness (QED) is 0.656. The van der Waals surface area contributed by atoms with Crippen molar-refractivity contribution < 1.29 is 4.74 Å². The summed E-state index contributed by atoms with van der Waals surface area (Å²) in [7, 11) is 0. The van der Waals surface area contributed by atoms with Gasteiger partial charge in [-0.05, 0) is 25.8 Å². The lowest BCUT2D eigenvalue weighted by atomic mass is 9.88. The highest BCUT2D eigenvalue weighted by molar-refractivity contribution is 4.87. The molecule has 0 aromatic heterocycles. The highest BCUT2D eigenvalue weighted by Crippen LogP contribution is 2.19. The second kappa shape index (κ2) is 4.39. The standard InChI is InChI=1S/C10H21NO/c1-7-12-9(3)11-8(2)10(4,5)6/h8,11H,3,7H2,1-2,4-6H3. The van der Waals surface area contributed by atoms with Crippen LogP contribution < -0.4 is 5.32 Å². The molecule has 0 saturated heterocycles. The van der Waals surface area contributed by atoms with Crippen molar-refractivity contribution >= 4 is 0 Å². The summed E-state index contributed by atoms with van der Waals surface area (Å²) in [6, 6.07) is 0.372. The van der Waals surface area contributed by atoms with Crippen LogP contribution in [0.1, 0.15) is 34.6 Å². The van der Waals surface area contributed by atoms with E-state index in [1.165, 1.54) is 0 Å². The topological polar surface area (TPSA) is 21.3 Å². The van der Waals surface area contributed by atoms with E-state index < -0.39 is 0 Å². The maximum atomic E-state index is 5.20. The summed E-state index contributed by atoms with van der Waals surface area (Å²) in [4.78, 5) is 0. The monoisotopic (exact) mass is 171 g/mol. The molecular formula is C10H21NO. The van der Waals surface area contributed by atoms with Crippen molar-refractivity contribution in [2.24, 2.45) is 5.41 Å². The normalized spacial score (nSPS) is 13.8. The average Bonchev–Trinajstić information content (AvgIpc) is 1.85. The lowest BCUT2D eigenvalue weighted by molar-refractivity contribution is 0.177. The van der Waals surface area contributed by atoms with E-state index in [1.54, 1.807) is 0 Å². The van der Waals surface area contributed by atoms with Crippen LogP contribution in [0.4, 0.5) is 0 Å². The van der Waals surface area contributed by atoms with Crippen LogP contribution in [0.15, 0.2) is 12.5 Å². The van der Waals surface area contributed by atoms with Gasteiger partial charge in [0.15, 0.2) is 5.88 Å². The predicted octanol–water partition coefficient (Wildman–Crippen LogP) is 2.52. The number of nitrogens with one attached hydrogen (secondary N) is 1. The van der Waals surface area contributed by atoms with Gasteiger partial charge in [-0.15, -0.1) is 0 Å². The van der Waals surface area contributed by atoms with Crippen LogP contribution in [-0.2, 0) is 4.74 Å². The Balaban J connectivity index is 3.84. The second-order valence-electron chi connectivity index (χ2n) is 4.09. The molecule has 1 atom stereocenters. The van der Waals surface area contributed by atoms with Crippen LogP contribution in [0.5, 0.6) is 0 Å². The van der Waals surface area contributed by atoms with Gasteiger partial charge in [0.1, 0.15) is 0 Å². The van der Waals surface area contributed by atoms with E-state index in [-0.39, 0.29) is 5.41 Å². The van der Waals surface area contributed by atoms with E-state index in [0.29, 0.717) is 18.5 Å². The number of hydrogen-bond acceptors (Lipinski definition) is 2. The molecule has 0 spiro atoms. The number of ether oxygens (including phenoxy) is 1. The Morgan fingerprint density at radius 2 is 2.00 bits per heavy atom. The summed E-state index contributed by atoms with van der Waals surface area (Å²) >= 11 is 0. The van der Waals surface area contributed by atoms with Gasteiger partial charge in [0.05, 0.1) is 6.61 Å². The molecule has 0 bridgehead atoms. The van der Waals surface area contributed by atoms with Crippen molar-refractivity contribution in [3.63, 3.8) is 0 Å². The third-order valence-corrected chi connectivity index (χ3v) is 2.00. The lowest BCUT2D eigenvalue weighted by Gasteiger charge is -2.29. The molecule has 0 aromatic carbocycles. The summed E-state index contributed by atoms with van der Waals surface area (Å²) in [6.45, 7) is 15.1. The summed E-state index contributed by atoms with van der Waals surface area (Å²) in [5.41, 5.74) is 0.236. The first kappa shape index (κ1) is 11.3. The largest absolute Gasteiger partial charge is 0.480 e. The van der Waals surface area contributed by atoms with Crippen molar-refractivity contribution in [3.05, 3.63) is 12.5 Å². The van der Waals surface area contributed by atoms with E-state index >= 15 is 0 Å². The van der Waals surface area contributed by atoms with Crippen molar-refractivity contribution in [2.45, 2.75) is 40.7 Å². The zero-order chi connectivity index (χ0) is 9.78. The van der Waals surface area contributed by atoms with Gasteiger partial charge in [0.2, 0.25) is 0 Å². The molecular weight excluding hydrogens is 150 g/mol. The summed E-state index contributed by atoms with van der Waals surface area (Å²) < 4.78 is 5.20. The molecule has 0 aliphatic heterocycles. The van der Waals surface area contributed by atoms with Gasteiger partial charge in [0, 0.05) is 6.04 Å². The van der Waals surface area contributed by atoms with Gasteiger partial charge in [-0.3, -0.25) is 0 Å². The molecule has 2 heteroatoms. The molecule has 0 amide bonds. The van der Waals surface area contributed by atoms with E-state index in [4.69, 9.17) is 4.74 Å². The van der Waals surface area contributed by atoms with E-state index in [0.717, 1.165) is 0 Å². The molecule has 12 heavy (non-hydrogen) atoms. The van der Waals surface area contributed by atoms with Gasteiger partial charge in [0.25, 0.3) is 0 Å². The van der Waals surface area contributed by atoms with Gasteiger partial charge >= 0.3 is 0 Å². The summed E-state index contributed by atoms with van der Waals surface area (Å²) in [5.74, 6) is 0.667. The van der Waals surface area contributed by atoms with E-state index in [2.05, 4.69) is 39.6 Å². The maximum absolute atomic E-state index is 5.20. The molecule has 1 unspecified atom stereocenters. The zero-order valence-electron chi connectivity index (χ0n) is 8.90. The summed E-state index contributed by atoms with van der Waals surface area (Å²) in [6.07, 6.45) is 0. The third-order valence-electron chi connectivity index (χ3n) is 2.00. The van der Waals surface area contributed by atoms with Crippen molar-refractivity contribution in [3.8, 4) is 0 Å². The highest BCUT2D eigenvalue weighted by atomic mass is 16.5. The average molecular weight is 171 g/mol. The van der Waals surface area contributed by atoms with Crippen molar-refractivity contribution in [2.75, 3.05) is 6.61 Å². The minimum Gasteiger partial charge on any atom is -0.480 e. The van der Waals surface area contributed by atoms with Crippen LogP contribution in [0.3, 0.4) is 0 Å². The minimum absolute atomic E-state index is 0.236. The van der Waals surface area contributed by atoms with Crippen LogP contribution in [-0.4, -0.2) is 12.6 Å². The van der Waals surface area contributed by atoms with Gasteiger partial charge in [-0.2, -0.15) is 0 Å². The molecule has 2 nitrogen and oxygen atoms in total. The Labute approximate surface area is 76.0 Å².